The second-order valence-corrected chi connectivity index (χ2v) is 4.06. The molecule has 1 rings (SSSR count). The molecule has 1 aromatic rings. The molecule has 0 aromatic carbocycles. The minimum atomic E-state index is -0.298. The third kappa shape index (κ3) is 2.84. The topological polar surface area (TPSA) is 67.2 Å². The van der Waals surface area contributed by atoms with Gasteiger partial charge in [-0.25, -0.2) is 4.68 Å². The van der Waals surface area contributed by atoms with Crippen molar-refractivity contribution in [3.8, 4) is 12.3 Å². The van der Waals surface area contributed by atoms with E-state index < -0.39 is 0 Å². The van der Waals surface area contributed by atoms with Crippen LogP contribution in [0.2, 0.25) is 0 Å². The van der Waals surface area contributed by atoms with Gasteiger partial charge in [0, 0.05) is 6.04 Å². The highest BCUT2D eigenvalue weighted by atomic mass is 79.9. The number of nitrogens with zero attached hydrogens (tertiary/aromatic N) is 2. The van der Waals surface area contributed by atoms with Gasteiger partial charge >= 0.3 is 0 Å². The largest absolute Gasteiger partial charge is 0.394 e. The SMILES string of the molecule is C#CCn1ncc(NC(C)CO)c(Br)c1=O. The number of aliphatic hydroxyl groups is 1. The number of hydrogen-bond acceptors (Lipinski definition) is 4. The van der Waals surface area contributed by atoms with Crippen molar-refractivity contribution in [2.45, 2.75) is 19.5 Å². The molecule has 6 heteroatoms. The molecule has 5 nitrogen and oxygen atoms in total. The smallest absolute Gasteiger partial charge is 0.284 e. The van der Waals surface area contributed by atoms with Crippen LogP contribution in [0.1, 0.15) is 6.92 Å². The molecule has 0 aliphatic rings. The summed E-state index contributed by atoms with van der Waals surface area (Å²) in [5, 5.41) is 15.7. The molecule has 1 aromatic heterocycles. The fourth-order valence-corrected chi connectivity index (χ4v) is 1.50. The highest BCUT2D eigenvalue weighted by molar-refractivity contribution is 9.10. The lowest BCUT2D eigenvalue weighted by molar-refractivity contribution is 0.281. The average Bonchev–Trinajstić information content (AvgIpc) is 2.28. The third-order valence-electron chi connectivity index (χ3n) is 1.90. The molecule has 0 saturated carbocycles. The number of rotatable bonds is 4. The zero-order valence-corrected chi connectivity index (χ0v) is 10.4. The Balaban J connectivity index is 3.03. The van der Waals surface area contributed by atoms with E-state index in [0.717, 1.165) is 0 Å². The summed E-state index contributed by atoms with van der Waals surface area (Å²) in [7, 11) is 0. The molecule has 0 aliphatic heterocycles. The predicted octanol–water partition coefficient (Wildman–Crippen LogP) is 0.432. The average molecular weight is 286 g/mol. The molecule has 1 heterocycles. The molecule has 0 aliphatic carbocycles. The van der Waals surface area contributed by atoms with Gasteiger partial charge in [0.05, 0.1) is 18.5 Å². The summed E-state index contributed by atoms with van der Waals surface area (Å²) in [6, 6.07) is -0.152. The number of terminal acetylenes is 1. The fraction of sp³-hybridized carbons (Fsp3) is 0.400. The molecule has 0 spiro atoms. The van der Waals surface area contributed by atoms with E-state index in [0.29, 0.717) is 10.2 Å². The summed E-state index contributed by atoms with van der Waals surface area (Å²) in [4.78, 5) is 11.7. The Labute approximate surface area is 102 Å². The predicted molar refractivity (Wildman–Crippen MR) is 65.2 cm³/mol. The van der Waals surface area contributed by atoms with Gasteiger partial charge in [-0.2, -0.15) is 5.10 Å². The van der Waals surface area contributed by atoms with E-state index in [1.165, 1.54) is 10.9 Å². The van der Waals surface area contributed by atoms with Crippen molar-refractivity contribution in [3.63, 3.8) is 0 Å². The maximum Gasteiger partial charge on any atom is 0.284 e. The van der Waals surface area contributed by atoms with Gasteiger partial charge < -0.3 is 10.4 Å². The highest BCUT2D eigenvalue weighted by Crippen LogP contribution is 2.16. The molecular formula is C10H12BrN3O2. The van der Waals surface area contributed by atoms with E-state index in [1.54, 1.807) is 6.92 Å². The van der Waals surface area contributed by atoms with E-state index >= 15 is 0 Å². The van der Waals surface area contributed by atoms with Crippen molar-refractivity contribution in [2.24, 2.45) is 0 Å². The molecule has 0 bridgehead atoms. The zero-order chi connectivity index (χ0) is 12.1. The Kier molecular flexibility index (Phi) is 4.52. The molecule has 86 valence electrons. The van der Waals surface area contributed by atoms with E-state index in [1.807, 2.05) is 0 Å². The van der Waals surface area contributed by atoms with E-state index in [4.69, 9.17) is 11.5 Å². The molecule has 1 unspecified atom stereocenters. The first-order valence-electron chi connectivity index (χ1n) is 4.66. The summed E-state index contributed by atoms with van der Waals surface area (Å²) in [6.45, 7) is 1.90. The fourth-order valence-electron chi connectivity index (χ4n) is 1.08. The van der Waals surface area contributed by atoms with Gasteiger partial charge in [0.25, 0.3) is 5.56 Å². The van der Waals surface area contributed by atoms with Gasteiger partial charge in [0.2, 0.25) is 0 Å². The van der Waals surface area contributed by atoms with Crippen molar-refractivity contribution in [1.29, 1.82) is 0 Å². The first-order chi connectivity index (χ1) is 7.60. The first kappa shape index (κ1) is 12.7. The van der Waals surface area contributed by atoms with Crippen molar-refractivity contribution in [2.75, 3.05) is 11.9 Å². The Morgan fingerprint density at radius 3 is 3.06 bits per heavy atom. The van der Waals surface area contributed by atoms with Crippen LogP contribution in [0.25, 0.3) is 0 Å². The normalized spacial score (nSPS) is 11.9. The minimum absolute atomic E-state index is 0.0279. The van der Waals surface area contributed by atoms with E-state index in [9.17, 15) is 4.79 Å². The summed E-state index contributed by atoms with van der Waals surface area (Å²) in [5.41, 5.74) is 0.243. The van der Waals surface area contributed by atoms with Crippen molar-refractivity contribution in [3.05, 3.63) is 21.0 Å². The van der Waals surface area contributed by atoms with Gasteiger partial charge in [0.15, 0.2) is 0 Å². The van der Waals surface area contributed by atoms with E-state index in [2.05, 4.69) is 32.3 Å². The molecule has 1 atom stereocenters. The van der Waals surface area contributed by atoms with E-state index in [-0.39, 0.29) is 24.8 Å². The van der Waals surface area contributed by atoms with Crippen LogP contribution in [0.4, 0.5) is 5.69 Å². The van der Waals surface area contributed by atoms with Crippen molar-refractivity contribution in [1.82, 2.24) is 9.78 Å². The second-order valence-electron chi connectivity index (χ2n) is 3.27. The standard InChI is InChI=1S/C10H12BrN3O2/c1-3-4-14-10(16)9(11)8(5-12-14)13-7(2)6-15/h1,5,7,13,15H,4,6H2,2H3. The Hall–Kier alpha value is -1.32. The van der Waals surface area contributed by atoms with Crippen LogP contribution >= 0.6 is 15.9 Å². The first-order valence-corrected chi connectivity index (χ1v) is 5.46. The molecule has 0 fully saturated rings. The van der Waals surface area contributed by atoms with Crippen LogP contribution in [0.5, 0.6) is 0 Å². The summed E-state index contributed by atoms with van der Waals surface area (Å²) in [5.74, 6) is 2.34. The van der Waals surface area contributed by atoms with Gasteiger partial charge in [-0.3, -0.25) is 4.79 Å². The highest BCUT2D eigenvalue weighted by Gasteiger charge is 2.09. The Morgan fingerprint density at radius 1 is 1.81 bits per heavy atom. The maximum absolute atomic E-state index is 11.7. The van der Waals surface area contributed by atoms with Crippen LogP contribution < -0.4 is 10.9 Å². The Bertz CT molecular complexity index is 464. The number of nitrogens with one attached hydrogen (secondary N) is 1. The monoisotopic (exact) mass is 285 g/mol. The number of aromatic nitrogens is 2. The van der Waals surface area contributed by atoms with Gasteiger partial charge in [0.1, 0.15) is 11.0 Å². The lowest BCUT2D eigenvalue weighted by Crippen LogP contribution is -2.26. The van der Waals surface area contributed by atoms with Crippen LogP contribution in [0.15, 0.2) is 15.5 Å². The summed E-state index contributed by atoms with van der Waals surface area (Å²) >= 11 is 3.17. The van der Waals surface area contributed by atoms with Crippen LogP contribution in [-0.4, -0.2) is 27.5 Å². The molecule has 16 heavy (non-hydrogen) atoms. The lowest BCUT2D eigenvalue weighted by Gasteiger charge is -2.13. The van der Waals surface area contributed by atoms with Crippen LogP contribution in [0.3, 0.4) is 0 Å². The molecule has 0 radical (unpaired) electrons. The van der Waals surface area contributed by atoms with Crippen molar-refractivity contribution < 1.29 is 5.11 Å². The Morgan fingerprint density at radius 2 is 2.50 bits per heavy atom. The summed E-state index contributed by atoms with van der Waals surface area (Å²) < 4.78 is 1.54. The third-order valence-corrected chi connectivity index (χ3v) is 2.67. The maximum atomic E-state index is 11.7. The zero-order valence-electron chi connectivity index (χ0n) is 8.77. The molecular weight excluding hydrogens is 274 g/mol. The van der Waals surface area contributed by atoms with Crippen LogP contribution in [-0.2, 0) is 6.54 Å². The van der Waals surface area contributed by atoms with Gasteiger partial charge in [-0.05, 0) is 22.9 Å². The molecule has 0 saturated heterocycles. The lowest BCUT2D eigenvalue weighted by atomic mass is 10.3. The summed E-state index contributed by atoms with van der Waals surface area (Å²) in [6.07, 6.45) is 6.60. The van der Waals surface area contributed by atoms with Gasteiger partial charge in [-0.1, -0.05) is 5.92 Å². The quantitative estimate of drug-likeness (QED) is 0.788. The number of aliphatic hydroxyl groups excluding tert-OH is 1. The number of anilines is 1. The molecule has 0 amide bonds. The van der Waals surface area contributed by atoms with Crippen LogP contribution in [0, 0.1) is 12.3 Å². The number of hydrogen-bond donors (Lipinski definition) is 2. The second kappa shape index (κ2) is 5.68. The van der Waals surface area contributed by atoms with Gasteiger partial charge in [-0.15, -0.1) is 6.42 Å². The number of halogens is 1. The molecule has 2 N–H and O–H groups in total. The minimum Gasteiger partial charge on any atom is -0.394 e. The van der Waals surface area contributed by atoms with Crippen molar-refractivity contribution >= 4 is 21.6 Å².